The molecule has 4 N–H and O–H groups in total. The van der Waals surface area contributed by atoms with Gasteiger partial charge in [0.15, 0.2) is 0 Å². The summed E-state index contributed by atoms with van der Waals surface area (Å²) in [6.07, 6.45) is 0. The summed E-state index contributed by atoms with van der Waals surface area (Å²) in [5.74, 6) is 0.0508. The monoisotopic (exact) mass is 312 g/mol. The quantitative estimate of drug-likeness (QED) is 0.550. The summed E-state index contributed by atoms with van der Waals surface area (Å²) >= 11 is 3.33. The molecular weight excluding hydrogens is 296 g/mol. The van der Waals surface area contributed by atoms with E-state index in [-0.39, 0.29) is 17.5 Å². The number of carbonyl (C=O) groups is 1. The zero-order valence-corrected chi connectivity index (χ0v) is 12.2. The summed E-state index contributed by atoms with van der Waals surface area (Å²) < 4.78 is 0.899. The first kappa shape index (κ1) is 14.5. The molecule has 0 unspecified atom stereocenters. The molecule has 0 aliphatic rings. The minimum Gasteiger partial charge on any atom is -0.369 e. The predicted octanol–water partition coefficient (Wildman–Crippen LogP) is 2.49. The molecule has 0 saturated carbocycles. The molecule has 0 atom stereocenters. The van der Waals surface area contributed by atoms with E-state index in [1.165, 1.54) is 0 Å². The average molecular weight is 313 g/mol. The maximum atomic E-state index is 11.5. The van der Waals surface area contributed by atoms with Crippen LogP contribution < -0.4 is 16.4 Å². The normalized spacial score (nSPS) is 12.1. The number of nitrogens with one attached hydrogen (secondary N) is 2. The van der Waals surface area contributed by atoms with Crippen molar-refractivity contribution in [2.75, 3.05) is 0 Å². The third kappa shape index (κ3) is 5.67. The number of aliphatic imine (C=N–C) groups is 1. The van der Waals surface area contributed by atoms with Crippen LogP contribution in [0.5, 0.6) is 0 Å². The summed E-state index contributed by atoms with van der Waals surface area (Å²) in [4.78, 5) is 15.6. The number of nitrogens with two attached hydrogens (primary N) is 1. The smallest absolute Gasteiger partial charge is 0.321 e. The fourth-order valence-electron chi connectivity index (χ4n) is 1.20. The Morgan fingerprint density at radius 2 is 2.06 bits per heavy atom. The summed E-state index contributed by atoms with van der Waals surface area (Å²) in [6, 6.07) is 6.94. The molecule has 98 valence electrons. The van der Waals surface area contributed by atoms with E-state index in [1.807, 2.05) is 32.9 Å². The van der Waals surface area contributed by atoms with E-state index in [1.54, 1.807) is 12.1 Å². The van der Waals surface area contributed by atoms with Gasteiger partial charge < -0.3 is 11.1 Å². The van der Waals surface area contributed by atoms with Crippen molar-refractivity contribution in [1.29, 1.82) is 0 Å². The summed E-state index contributed by atoms with van der Waals surface area (Å²) in [5, 5.41) is 5.19. The van der Waals surface area contributed by atoms with Gasteiger partial charge in [0, 0.05) is 10.0 Å². The molecule has 6 heteroatoms. The number of hydrogen-bond acceptors (Lipinski definition) is 2. The van der Waals surface area contributed by atoms with Crippen molar-refractivity contribution in [3.05, 3.63) is 28.7 Å². The highest BCUT2D eigenvalue weighted by Crippen LogP contribution is 2.17. The molecule has 0 saturated heterocycles. The van der Waals surface area contributed by atoms with Crippen LogP contribution in [-0.2, 0) is 0 Å². The van der Waals surface area contributed by atoms with Gasteiger partial charge in [0.1, 0.15) is 0 Å². The lowest BCUT2D eigenvalue weighted by atomic mass is 10.1. The number of hydrogen-bond donors (Lipinski definition) is 3. The number of benzene rings is 1. The molecule has 0 spiro atoms. The van der Waals surface area contributed by atoms with Crippen LogP contribution in [0.3, 0.4) is 0 Å². The van der Waals surface area contributed by atoms with Crippen molar-refractivity contribution in [3.63, 3.8) is 0 Å². The highest BCUT2D eigenvalue weighted by molar-refractivity contribution is 9.10. The molecule has 0 aromatic heterocycles. The third-order valence-corrected chi connectivity index (χ3v) is 2.28. The van der Waals surface area contributed by atoms with Crippen molar-refractivity contribution in [2.24, 2.45) is 10.7 Å². The van der Waals surface area contributed by atoms with E-state index >= 15 is 0 Å². The zero-order chi connectivity index (χ0) is 13.8. The van der Waals surface area contributed by atoms with Crippen LogP contribution >= 0.6 is 15.9 Å². The van der Waals surface area contributed by atoms with Crippen molar-refractivity contribution in [1.82, 2.24) is 10.6 Å². The molecule has 0 aliphatic heterocycles. The number of nitrogens with zero attached hydrogens (tertiary/aromatic N) is 1. The SMILES string of the molecule is CC(C)(C)NC(=O)NC(N)=Nc1cccc(Br)c1. The largest absolute Gasteiger partial charge is 0.369 e. The minimum atomic E-state index is -0.376. The predicted molar refractivity (Wildman–Crippen MR) is 76.8 cm³/mol. The fourth-order valence-corrected chi connectivity index (χ4v) is 1.59. The Morgan fingerprint density at radius 1 is 1.39 bits per heavy atom. The lowest BCUT2D eigenvalue weighted by Gasteiger charge is -2.20. The van der Waals surface area contributed by atoms with Crippen molar-refractivity contribution < 1.29 is 4.79 Å². The Bertz CT molecular complexity index is 465. The molecule has 1 aromatic carbocycles. The second kappa shape index (κ2) is 5.86. The summed E-state index contributed by atoms with van der Waals surface area (Å²) in [6.45, 7) is 5.65. The van der Waals surface area contributed by atoms with Crippen molar-refractivity contribution >= 4 is 33.6 Å². The van der Waals surface area contributed by atoms with Gasteiger partial charge in [-0.15, -0.1) is 0 Å². The van der Waals surface area contributed by atoms with Gasteiger partial charge in [0.05, 0.1) is 5.69 Å². The van der Waals surface area contributed by atoms with Gasteiger partial charge >= 0.3 is 6.03 Å². The molecule has 5 nitrogen and oxygen atoms in total. The first-order chi connectivity index (χ1) is 8.26. The first-order valence-electron chi connectivity index (χ1n) is 5.45. The molecule has 1 rings (SSSR count). The Labute approximate surface area is 115 Å². The first-order valence-corrected chi connectivity index (χ1v) is 6.24. The van der Waals surface area contributed by atoms with Crippen LogP contribution in [-0.4, -0.2) is 17.5 Å². The number of amides is 2. The van der Waals surface area contributed by atoms with Gasteiger partial charge in [-0.25, -0.2) is 9.79 Å². The minimum absolute atomic E-state index is 0.0508. The molecule has 0 heterocycles. The molecule has 0 radical (unpaired) electrons. The molecule has 1 aromatic rings. The number of halogens is 1. The Kier molecular flexibility index (Phi) is 4.72. The van der Waals surface area contributed by atoms with Crippen LogP contribution in [0.1, 0.15) is 20.8 Å². The van der Waals surface area contributed by atoms with Crippen LogP contribution in [0.4, 0.5) is 10.5 Å². The fraction of sp³-hybridized carbons (Fsp3) is 0.333. The van der Waals surface area contributed by atoms with Gasteiger partial charge in [-0.05, 0) is 39.0 Å². The highest BCUT2D eigenvalue weighted by Gasteiger charge is 2.13. The third-order valence-electron chi connectivity index (χ3n) is 1.79. The van der Waals surface area contributed by atoms with Crippen molar-refractivity contribution in [2.45, 2.75) is 26.3 Å². The van der Waals surface area contributed by atoms with E-state index in [2.05, 4.69) is 31.6 Å². The molecule has 2 amide bonds. The van der Waals surface area contributed by atoms with E-state index in [0.29, 0.717) is 5.69 Å². The number of carbonyl (C=O) groups excluding carboxylic acids is 1. The highest BCUT2D eigenvalue weighted by atomic mass is 79.9. The Hall–Kier alpha value is -1.56. The van der Waals surface area contributed by atoms with Gasteiger partial charge in [-0.2, -0.15) is 0 Å². The van der Waals surface area contributed by atoms with E-state index < -0.39 is 0 Å². The lowest BCUT2D eigenvalue weighted by molar-refractivity contribution is 0.236. The molecule has 0 aliphatic carbocycles. The number of guanidine groups is 1. The molecular formula is C12H17BrN4O. The topological polar surface area (TPSA) is 79.5 Å². The maximum absolute atomic E-state index is 11.5. The zero-order valence-electron chi connectivity index (χ0n) is 10.6. The van der Waals surface area contributed by atoms with Crippen LogP contribution in [0.25, 0.3) is 0 Å². The van der Waals surface area contributed by atoms with Gasteiger partial charge in [-0.1, -0.05) is 22.0 Å². The van der Waals surface area contributed by atoms with E-state index in [9.17, 15) is 4.79 Å². The van der Waals surface area contributed by atoms with Crippen LogP contribution in [0, 0.1) is 0 Å². The van der Waals surface area contributed by atoms with Crippen LogP contribution in [0.2, 0.25) is 0 Å². The Balaban J connectivity index is 2.65. The Morgan fingerprint density at radius 3 is 2.61 bits per heavy atom. The van der Waals surface area contributed by atoms with E-state index in [0.717, 1.165) is 4.47 Å². The summed E-state index contributed by atoms with van der Waals surface area (Å²) in [5.41, 5.74) is 5.98. The maximum Gasteiger partial charge on any atom is 0.321 e. The van der Waals surface area contributed by atoms with Gasteiger partial charge in [0.2, 0.25) is 5.96 Å². The lowest BCUT2D eigenvalue weighted by Crippen LogP contribution is -2.50. The molecule has 18 heavy (non-hydrogen) atoms. The summed E-state index contributed by atoms with van der Waals surface area (Å²) in [7, 11) is 0. The van der Waals surface area contributed by atoms with Gasteiger partial charge in [-0.3, -0.25) is 5.32 Å². The van der Waals surface area contributed by atoms with Crippen molar-refractivity contribution in [3.8, 4) is 0 Å². The molecule has 0 bridgehead atoms. The van der Waals surface area contributed by atoms with Gasteiger partial charge in [0.25, 0.3) is 0 Å². The molecule has 0 fully saturated rings. The van der Waals surface area contributed by atoms with E-state index in [4.69, 9.17) is 5.73 Å². The standard InChI is InChI=1S/C12H17BrN4O/c1-12(2,3)17-11(18)16-10(14)15-9-6-4-5-8(13)7-9/h4-7H,1-3H3,(H4,14,15,16,17,18). The number of rotatable bonds is 1. The second-order valence-corrected chi connectivity index (χ2v) is 5.72. The van der Waals surface area contributed by atoms with Crippen LogP contribution in [0.15, 0.2) is 33.7 Å². The number of urea groups is 1. The average Bonchev–Trinajstić information content (AvgIpc) is 2.13. The second-order valence-electron chi connectivity index (χ2n) is 4.81.